The zero-order chi connectivity index (χ0) is 22.5. The van der Waals surface area contributed by atoms with Crippen molar-refractivity contribution in [2.45, 2.75) is 26.3 Å². The number of carbonyl (C=O) groups excluding carboxylic acids is 2. The Morgan fingerprint density at radius 3 is 2.44 bits per heavy atom. The minimum Gasteiger partial charge on any atom is -0.486 e. The smallest absolute Gasteiger partial charge is 0.303 e. The summed E-state index contributed by atoms with van der Waals surface area (Å²) >= 11 is 0. The van der Waals surface area contributed by atoms with E-state index in [1.165, 1.54) is 19.3 Å². The number of nitrogens with zero attached hydrogens (tertiary/aromatic N) is 2. The van der Waals surface area contributed by atoms with Gasteiger partial charge in [0.1, 0.15) is 12.0 Å². The highest BCUT2D eigenvalue weighted by Crippen LogP contribution is 2.19. The molecule has 3 heterocycles. The molecule has 0 unspecified atom stereocenters. The van der Waals surface area contributed by atoms with Crippen molar-refractivity contribution in [1.29, 1.82) is 0 Å². The molecule has 1 aliphatic rings. The fourth-order valence-electron chi connectivity index (χ4n) is 3.85. The van der Waals surface area contributed by atoms with Gasteiger partial charge in [-0.2, -0.15) is 0 Å². The average molecular weight is 438 g/mol. The number of hydrogen-bond donors (Lipinski definition) is 0. The summed E-state index contributed by atoms with van der Waals surface area (Å²) in [7, 11) is 0. The van der Waals surface area contributed by atoms with Gasteiger partial charge in [0.2, 0.25) is 11.2 Å². The third-order valence-corrected chi connectivity index (χ3v) is 5.64. The first-order valence-corrected chi connectivity index (χ1v) is 10.7. The van der Waals surface area contributed by atoms with Crippen LogP contribution in [0, 0.1) is 5.92 Å². The molecule has 3 aromatic rings. The van der Waals surface area contributed by atoms with Crippen molar-refractivity contribution < 1.29 is 23.5 Å². The topological polar surface area (TPSA) is 91.0 Å². The van der Waals surface area contributed by atoms with Gasteiger partial charge < -0.3 is 23.4 Å². The molecule has 168 valence electrons. The van der Waals surface area contributed by atoms with E-state index in [-0.39, 0.29) is 29.6 Å². The average Bonchev–Trinajstić information content (AvgIpc) is 3.19. The van der Waals surface area contributed by atoms with Crippen LogP contribution >= 0.6 is 0 Å². The molecular weight excluding hydrogens is 412 g/mol. The number of aromatic nitrogens is 1. The van der Waals surface area contributed by atoms with E-state index >= 15 is 0 Å². The third kappa shape index (κ3) is 5.38. The number of esters is 1. The molecule has 8 nitrogen and oxygen atoms in total. The first-order chi connectivity index (χ1) is 15.5. The van der Waals surface area contributed by atoms with E-state index in [4.69, 9.17) is 13.9 Å². The lowest BCUT2D eigenvalue weighted by Crippen LogP contribution is -2.41. The van der Waals surface area contributed by atoms with E-state index < -0.39 is 5.97 Å². The highest BCUT2D eigenvalue weighted by Gasteiger charge is 2.24. The predicted molar refractivity (Wildman–Crippen MR) is 117 cm³/mol. The minimum atomic E-state index is -0.465. The van der Waals surface area contributed by atoms with Gasteiger partial charge >= 0.3 is 5.97 Å². The van der Waals surface area contributed by atoms with Crippen LogP contribution in [0.1, 0.15) is 25.5 Å². The molecule has 4 rings (SSSR count). The summed E-state index contributed by atoms with van der Waals surface area (Å²) in [6.45, 7) is 3.06. The number of likely N-dealkylation sites (tertiary alicyclic amines) is 1. The minimum absolute atomic E-state index is 0.189. The van der Waals surface area contributed by atoms with E-state index in [9.17, 15) is 14.4 Å². The Balaban J connectivity index is 1.27. The maximum atomic E-state index is 12.5. The molecule has 32 heavy (non-hydrogen) atoms. The monoisotopic (exact) mass is 438 g/mol. The summed E-state index contributed by atoms with van der Waals surface area (Å²) < 4.78 is 18.1. The Morgan fingerprint density at radius 1 is 1.12 bits per heavy atom. The van der Waals surface area contributed by atoms with Crippen LogP contribution < -0.4 is 10.2 Å². The first-order valence-electron chi connectivity index (χ1n) is 10.7. The molecular formula is C24H26N2O6. The van der Waals surface area contributed by atoms with Crippen molar-refractivity contribution in [3.05, 3.63) is 65.0 Å². The Morgan fingerprint density at radius 2 is 1.81 bits per heavy atom. The molecule has 0 saturated carbocycles. The quantitative estimate of drug-likeness (QED) is 0.527. The number of piperidine rings is 1. The molecule has 1 aromatic carbocycles. The Hall–Kier alpha value is -3.55. The van der Waals surface area contributed by atoms with E-state index in [0.717, 1.165) is 23.6 Å². The summed E-state index contributed by atoms with van der Waals surface area (Å²) in [5, 5.41) is 2.27. The number of benzene rings is 1. The number of carbonyl (C=O) groups is 2. The normalized spacial score (nSPS) is 14.5. The summed E-state index contributed by atoms with van der Waals surface area (Å²) in [6, 6.07) is 9.53. The van der Waals surface area contributed by atoms with Gasteiger partial charge in [-0.25, -0.2) is 0 Å². The van der Waals surface area contributed by atoms with Crippen molar-refractivity contribution in [1.82, 2.24) is 9.47 Å². The van der Waals surface area contributed by atoms with Crippen LogP contribution in [0.3, 0.4) is 0 Å². The van der Waals surface area contributed by atoms with E-state index in [1.807, 2.05) is 41.2 Å². The van der Waals surface area contributed by atoms with Gasteiger partial charge in [0.05, 0.1) is 13.2 Å². The van der Waals surface area contributed by atoms with Crippen LogP contribution in [0.4, 0.5) is 0 Å². The molecule has 1 saturated heterocycles. The zero-order valence-corrected chi connectivity index (χ0v) is 18.0. The second-order valence-corrected chi connectivity index (χ2v) is 8.05. The molecule has 1 aliphatic heterocycles. The molecule has 0 aliphatic carbocycles. The zero-order valence-electron chi connectivity index (χ0n) is 18.0. The molecule has 1 fully saturated rings. The lowest BCUT2D eigenvalue weighted by Gasteiger charge is -2.31. The van der Waals surface area contributed by atoms with Gasteiger partial charge in [-0.15, -0.1) is 0 Å². The van der Waals surface area contributed by atoms with Gasteiger partial charge in [-0.3, -0.25) is 14.4 Å². The molecule has 1 amide bonds. The van der Waals surface area contributed by atoms with Crippen molar-refractivity contribution in [3.63, 3.8) is 0 Å². The Labute approximate surface area is 185 Å². The number of rotatable bonds is 7. The van der Waals surface area contributed by atoms with Crippen LogP contribution in [0.5, 0.6) is 5.75 Å². The highest BCUT2D eigenvalue weighted by molar-refractivity contribution is 5.82. The molecule has 0 atom stereocenters. The van der Waals surface area contributed by atoms with Crippen molar-refractivity contribution in [2.24, 2.45) is 5.92 Å². The summed E-state index contributed by atoms with van der Waals surface area (Å²) in [5.41, 5.74) is -0.211. The summed E-state index contributed by atoms with van der Waals surface area (Å²) in [6.07, 6.45) is 6.93. The van der Waals surface area contributed by atoms with E-state index in [1.54, 1.807) is 4.90 Å². The standard InChI is InChI=1S/C24H26N2O6/c1-17(27)30-16-24(29)26-8-6-18(7-9-26)14-32-23-15-31-21(10-22(23)28)13-25-11-19-4-2-3-5-20(19)12-25/h2-5,10-12,15,18H,6-9,13-14,16H2,1H3. The number of ether oxygens (including phenoxy) is 2. The van der Waals surface area contributed by atoms with E-state index in [2.05, 4.69) is 0 Å². The lowest BCUT2D eigenvalue weighted by atomic mass is 9.98. The van der Waals surface area contributed by atoms with Crippen LogP contribution in [0.25, 0.3) is 10.8 Å². The fraction of sp³-hybridized carbons (Fsp3) is 0.375. The molecule has 0 bridgehead atoms. The Kier molecular flexibility index (Phi) is 6.58. The summed E-state index contributed by atoms with van der Waals surface area (Å²) in [5.74, 6) is 0.334. The molecule has 2 aromatic heterocycles. The van der Waals surface area contributed by atoms with Gasteiger partial charge in [0.15, 0.2) is 6.61 Å². The van der Waals surface area contributed by atoms with Crippen molar-refractivity contribution in [3.8, 4) is 5.75 Å². The van der Waals surface area contributed by atoms with Crippen molar-refractivity contribution in [2.75, 3.05) is 26.3 Å². The van der Waals surface area contributed by atoms with Crippen LogP contribution in [-0.2, 0) is 20.9 Å². The van der Waals surface area contributed by atoms with Gasteiger partial charge in [-0.05, 0) is 29.5 Å². The lowest BCUT2D eigenvalue weighted by molar-refractivity contribution is -0.150. The highest BCUT2D eigenvalue weighted by atomic mass is 16.5. The molecule has 0 spiro atoms. The maximum Gasteiger partial charge on any atom is 0.303 e. The number of amides is 1. The van der Waals surface area contributed by atoms with Crippen LogP contribution in [0.15, 0.2) is 58.2 Å². The number of hydrogen-bond acceptors (Lipinski definition) is 6. The van der Waals surface area contributed by atoms with E-state index in [0.29, 0.717) is 32.0 Å². The van der Waals surface area contributed by atoms with Gasteiger partial charge in [-0.1, -0.05) is 24.3 Å². The maximum absolute atomic E-state index is 12.5. The molecule has 0 N–H and O–H groups in total. The summed E-state index contributed by atoms with van der Waals surface area (Å²) in [4.78, 5) is 37.0. The van der Waals surface area contributed by atoms with Crippen LogP contribution in [-0.4, -0.2) is 47.6 Å². The fourth-order valence-corrected chi connectivity index (χ4v) is 3.85. The molecule has 8 heteroatoms. The number of fused-ring (bicyclic) bond motifs is 1. The SMILES string of the molecule is CC(=O)OCC(=O)N1CCC(COc2coc(Cn3cc4ccccc4c3)cc2=O)CC1. The predicted octanol–water partition coefficient (Wildman–Crippen LogP) is 2.82. The Bertz CT molecular complexity index is 1120. The van der Waals surface area contributed by atoms with Gasteiger partial charge in [0, 0.05) is 38.5 Å². The third-order valence-electron chi connectivity index (χ3n) is 5.64. The van der Waals surface area contributed by atoms with Crippen LogP contribution in [0.2, 0.25) is 0 Å². The second-order valence-electron chi connectivity index (χ2n) is 8.05. The second kappa shape index (κ2) is 9.72. The first kappa shape index (κ1) is 21.7. The van der Waals surface area contributed by atoms with Crippen molar-refractivity contribution >= 4 is 22.6 Å². The largest absolute Gasteiger partial charge is 0.486 e. The van der Waals surface area contributed by atoms with Gasteiger partial charge in [0.25, 0.3) is 5.91 Å². The molecule has 0 radical (unpaired) electrons.